The molecule has 1 saturated heterocycles. The Balaban J connectivity index is 1.50. The molecule has 10 heteroatoms. The molecule has 0 bridgehead atoms. The number of carbonyl (C=O) groups is 4. The van der Waals surface area contributed by atoms with Crippen LogP contribution < -0.4 is 9.64 Å². The Morgan fingerprint density at radius 2 is 1.70 bits per heavy atom. The Bertz CT molecular complexity index is 1590. The predicted molar refractivity (Wildman–Crippen MR) is 135 cm³/mol. The van der Waals surface area contributed by atoms with Gasteiger partial charge in [-0.05, 0) is 62.1 Å². The molecule has 0 aromatic heterocycles. The van der Waals surface area contributed by atoms with Crippen molar-refractivity contribution in [2.75, 3.05) is 4.90 Å². The van der Waals surface area contributed by atoms with Gasteiger partial charge in [0.1, 0.15) is 11.5 Å². The number of fused-ring (bicyclic) bond motifs is 3. The van der Waals surface area contributed by atoms with Crippen molar-refractivity contribution in [1.82, 2.24) is 0 Å². The third kappa shape index (κ3) is 3.97. The van der Waals surface area contributed by atoms with Gasteiger partial charge < -0.3 is 9.84 Å². The molecule has 2 aromatic carbocycles. The third-order valence-corrected chi connectivity index (χ3v) is 8.12. The number of allylic oxidation sites excluding steroid dienone is 6. The average Bonchev–Trinajstić information content (AvgIpc) is 3.16. The number of aromatic hydroxyl groups is 1. The van der Waals surface area contributed by atoms with Gasteiger partial charge in [0.2, 0.25) is 11.8 Å². The summed E-state index contributed by atoms with van der Waals surface area (Å²) in [5.41, 5.74) is 1.24. The number of nitrogens with zero attached hydrogens (tertiary/aromatic N) is 1. The highest BCUT2D eigenvalue weighted by Gasteiger charge is 2.56. The van der Waals surface area contributed by atoms with Gasteiger partial charge in [0.25, 0.3) is 0 Å². The highest BCUT2D eigenvalue weighted by molar-refractivity contribution is 6.25. The first-order valence-electron chi connectivity index (χ1n) is 12.7. The highest BCUT2D eigenvalue weighted by atomic mass is 19.4. The molecule has 0 radical (unpaired) electrons. The monoisotopic (exact) mass is 549 g/mol. The number of para-hydroxylation sites is 1. The Labute approximate surface area is 226 Å². The molecule has 4 unspecified atom stereocenters. The predicted octanol–water partition coefficient (Wildman–Crippen LogP) is 4.92. The van der Waals surface area contributed by atoms with Crippen molar-refractivity contribution in [2.24, 2.45) is 17.8 Å². The van der Waals surface area contributed by atoms with Crippen molar-refractivity contribution in [3.8, 4) is 11.5 Å². The van der Waals surface area contributed by atoms with Crippen molar-refractivity contribution in [3.05, 3.63) is 88.5 Å². The van der Waals surface area contributed by atoms with Gasteiger partial charge in [0.15, 0.2) is 11.6 Å². The zero-order valence-electron chi connectivity index (χ0n) is 21.1. The second-order valence-electron chi connectivity index (χ2n) is 10.3. The number of ether oxygens (including phenoxy) is 1. The van der Waals surface area contributed by atoms with Crippen molar-refractivity contribution in [2.45, 2.75) is 32.0 Å². The minimum Gasteiger partial charge on any atom is -0.508 e. The van der Waals surface area contributed by atoms with Crippen LogP contribution in [0.1, 0.15) is 31.2 Å². The first-order valence-corrected chi connectivity index (χ1v) is 12.7. The van der Waals surface area contributed by atoms with E-state index < -0.39 is 59.0 Å². The number of rotatable bonds is 3. The van der Waals surface area contributed by atoms with E-state index in [1.165, 1.54) is 13.0 Å². The Morgan fingerprint density at radius 1 is 0.975 bits per heavy atom. The van der Waals surface area contributed by atoms with Gasteiger partial charge in [0, 0.05) is 28.2 Å². The smallest absolute Gasteiger partial charge is 0.508 e. The van der Waals surface area contributed by atoms with Crippen molar-refractivity contribution < 1.29 is 42.2 Å². The van der Waals surface area contributed by atoms with Gasteiger partial charge in [-0.2, -0.15) is 0 Å². The van der Waals surface area contributed by atoms with E-state index in [4.69, 9.17) is 0 Å². The summed E-state index contributed by atoms with van der Waals surface area (Å²) in [6.07, 6.45) is -1.94. The number of amides is 2. The molecule has 7 nitrogen and oxygen atoms in total. The molecule has 40 heavy (non-hydrogen) atoms. The van der Waals surface area contributed by atoms with E-state index in [0.717, 1.165) is 23.1 Å². The van der Waals surface area contributed by atoms with Crippen LogP contribution in [-0.2, 0) is 19.2 Å². The lowest BCUT2D eigenvalue weighted by atomic mass is 9.59. The molecule has 4 atom stereocenters. The molecule has 1 heterocycles. The Kier molecular flexibility index (Phi) is 5.83. The fourth-order valence-corrected chi connectivity index (χ4v) is 6.53. The van der Waals surface area contributed by atoms with E-state index >= 15 is 0 Å². The van der Waals surface area contributed by atoms with E-state index in [1.54, 1.807) is 36.4 Å². The van der Waals surface area contributed by atoms with Crippen LogP contribution in [0.3, 0.4) is 0 Å². The van der Waals surface area contributed by atoms with Gasteiger partial charge in [-0.1, -0.05) is 29.8 Å². The van der Waals surface area contributed by atoms with Gasteiger partial charge in [-0.3, -0.25) is 24.1 Å². The number of anilines is 1. The highest BCUT2D eigenvalue weighted by Crippen LogP contribution is 2.56. The summed E-state index contributed by atoms with van der Waals surface area (Å²) < 4.78 is 43.2. The van der Waals surface area contributed by atoms with Crippen LogP contribution >= 0.6 is 0 Å². The number of hydrogen-bond donors (Lipinski definition) is 1. The first-order chi connectivity index (χ1) is 19.0. The zero-order chi connectivity index (χ0) is 28.5. The van der Waals surface area contributed by atoms with E-state index in [0.29, 0.717) is 11.3 Å². The Morgan fingerprint density at radius 3 is 2.40 bits per heavy atom. The number of hydrogen-bond acceptors (Lipinski definition) is 6. The number of halogens is 3. The number of phenols is 1. The number of alkyl halides is 3. The maximum atomic E-state index is 13.8. The summed E-state index contributed by atoms with van der Waals surface area (Å²) in [5, 5.41) is 10.8. The number of benzene rings is 2. The molecular weight excluding hydrogens is 527 g/mol. The molecular formula is C30H22F3NO6. The van der Waals surface area contributed by atoms with Gasteiger partial charge in [0.05, 0.1) is 17.5 Å². The number of carbonyl (C=O) groups excluding carboxylic acids is 4. The molecule has 3 aliphatic carbocycles. The van der Waals surface area contributed by atoms with E-state index in [-0.39, 0.29) is 41.0 Å². The summed E-state index contributed by atoms with van der Waals surface area (Å²) in [4.78, 5) is 55.0. The molecule has 2 amide bonds. The maximum absolute atomic E-state index is 13.8. The lowest BCUT2D eigenvalue weighted by molar-refractivity contribution is -0.274. The lowest BCUT2D eigenvalue weighted by Gasteiger charge is -2.42. The van der Waals surface area contributed by atoms with E-state index in [1.807, 2.05) is 0 Å². The SMILES string of the molecule is CC1=CC(=O)C2=C(CC3C(=CCC4C(=O)N(c5ccccc5)C(=O)C43)C2c2cc(OC(F)(F)F)ccc2O)C1=O. The zero-order valence-corrected chi connectivity index (χ0v) is 21.1. The second-order valence-corrected chi connectivity index (χ2v) is 10.3. The minimum atomic E-state index is -5.00. The fourth-order valence-electron chi connectivity index (χ4n) is 6.53. The van der Waals surface area contributed by atoms with Crippen LogP contribution in [0.15, 0.2) is 83.0 Å². The first kappa shape index (κ1) is 25.8. The standard InChI is InChI=1S/C30H22F3NO6/c1-14-11-23(36)26-21(27(14)37)13-19-17(24(26)20-12-16(7-10-22(20)35)40-30(31,32)33)8-9-18-25(19)29(39)34(28(18)38)15-5-3-2-4-6-15/h2-8,10-12,18-19,24-25,35H,9,13H2,1H3. The molecule has 6 rings (SSSR count). The topological polar surface area (TPSA) is 101 Å². The summed E-state index contributed by atoms with van der Waals surface area (Å²) in [5.74, 6) is -6.11. The summed E-state index contributed by atoms with van der Waals surface area (Å²) in [6, 6.07) is 11.4. The molecule has 0 saturated carbocycles. The van der Waals surface area contributed by atoms with Crippen LogP contribution in [0.5, 0.6) is 11.5 Å². The molecule has 204 valence electrons. The van der Waals surface area contributed by atoms with Crippen LogP contribution in [0.2, 0.25) is 0 Å². The number of Topliss-reactive ketones (excluding diaryl/α,β-unsaturated/α-hetero) is 1. The summed E-state index contributed by atoms with van der Waals surface area (Å²) in [7, 11) is 0. The summed E-state index contributed by atoms with van der Waals surface area (Å²) >= 11 is 0. The largest absolute Gasteiger partial charge is 0.573 e. The molecule has 2 aromatic rings. The molecule has 0 spiro atoms. The van der Waals surface area contributed by atoms with Crippen LogP contribution in [0.4, 0.5) is 18.9 Å². The molecule has 1 N–H and O–H groups in total. The van der Waals surface area contributed by atoms with Crippen LogP contribution in [0, 0.1) is 17.8 Å². The third-order valence-electron chi connectivity index (χ3n) is 8.12. The average molecular weight is 550 g/mol. The molecule has 4 aliphatic rings. The van der Waals surface area contributed by atoms with Crippen LogP contribution in [-0.4, -0.2) is 34.8 Å². The number of ketones is 2. The van der Waals surface area contributed by atoms with Crippen molar-refractivity contribution in [1.29, 1.82) is 0 Å². The fraction of sp³-hybridized carbons (Fsp3) is 0.267. The number of phenolic OH excluding ortho intramolecular Hbond substituents is 1. The van der Waals surface area contributed by atoms with Gasteiger partial charge >= 0.3 is 6.36 Å². The normalized spacial score (nSPS) is 26.2. The molecule has 1 aliphatic heterocycles. The van der Waals surface area contributed by atoms with E-state index in [9.17, 15) is 37.5 Å². The summed E-state index contributed by atoms with van der Waals surface area (Å²) in [6.45, 7) is 1.49. The van der Waals surface area contributed by atoms with Gasteiger partial charge in [-0.15, -0.1) is 13.2 Å². The second kappa shape index (κ2) is 9.04. The van der Waals surface area contributed by atoms with Crippen molar-refractivity contribution in [3.63, 3.8) is 0 Å². The lowest BCUT2D eigenvalue weighted by Crippen LogP contribution is -2.39. The van der Waals surface area contributed by atoms with E-state index in [2.05, 4.69) is 4.74 Å². The van der Waals surface area contributed by atoms with Gasteiger partial charge in [-0.25, -0.2) is 0 Å². The minimum absolute atomic E-state index is 0.00966. The Hall–Kier alpha value is -4.47. The van der Waals surface area contributed by atoms with Crippen LogP contribution in [0.25, 0.3) is 0 Å². The maximum Gasteiger partial charge on any atom is 0.573 e. The van der Waals surface area contributed by atoms with Crippen molar-refractivity contribution >= 4 is 29.1 Å². The molecule has 1 fully saturated rings. The number of imide groups is 1. The quantitative estimate of drug-likeness (QED) is 0.331.